The van der Waals surface area contributed by atoms with Gasteiger partial charge >= 0.3 is 11.1 Å². The van der Waals surface area contributed by atoms with E-state index in [4.69, 9.17) is 41.9 Å². The van der Waals surface area contributed by atoms with E-state index in [9.17, 15) is 53.8 Å². The summed E-state index contributed by atoms with van der Waals surface area (Å²) in [5, 5.41) is 70.9. The van der Waals surface area contributed by atoms with Crippen molar-refractivity contribution in [2.75, 3.05) is 24.5 Å². The van der Waals surface area contributed by atoms with E-state index in [0.717, 1.165) is 5.56 Å². The van der Waals surface area contributed by atoms with Crippen LogP contribution in [0.2, 0.25) is 0 Å². The Morgan fingerprint density at radius 3 is 1.93 bits per heavy atom. The van der Waals surface area contributed by atoms with Gasteiger partial charge in [-0.1, -0.05) is 12.1 Å². The highest BCUT2D eigenvalue weighted by Crippen LogP contribution is 2.31. The number of hydrogen-bond donors (Lipinski definition) is 13. The van der Waals surface area contributed by atoms with Crippen LogP contribution < -0.4 is 38.4 Å². The summed E-state index contributed by atoms with van der Waals surface area (Å²) in [7, 11) is -2.34. The number of anilines is 1. The highest BCUT2D eigenvalue weighted by molar-refractivity contribution is 7.92. The number of hydrogen-bond acceptors (Lipinski definition) is 19. The number of ether oxygens (including phenoxy) is 4. The van der Waals surface area contributed by atoms with E-state index in [1.54, 1.807) is 18.2 Å². The second-order valence-corrected chi connectivity index (χ2v) is 16.2. The molecule has 1 saturated carbocycles. The summed E-state index contributed by atoms with van der Waals surface area (Å²) < 4.78 is 49.0. The topological polar surface area (TPSA) is 386 Å². The maximum absolute atomic E-state index is 12.8. The molecule has 3 heterocycles. The Balaban J connectivity index is 0.000000228. The highest BCUT2D eigenvalue weighted by atomic mass is 32.2. The summed E-state index contributed by atoms with van der Waals surface area (Å²) in [6.45, 7) is 1.11. The Kier molecular flexibility index (Phi) is 14.3. The van der Waals surface area contributed by atoms with Gasteiger partial charge in [0.25, 0.3) is 10.0 Å². The van der Waals surface area contributed by atoms with Crippen LogP contribution >= 0.6 is 0 Å². The van der Waals surface area contributed by atoms with Crippen molar-refractivity contribution >= 4 is 26.7 Å². The second-order valence-electron chi connectivity index (χ2n) is 14.2. The van der Waals surface area contributed by atoms with Crippen molar-refractivity contribution in [2.24, 2.45) is 22.9 Å². The van der Waals surface area contributed by atoms with Gasteiger partial charge in [0.05, 0.1) is 34.3 Å². The lowest BCUT2D eigenvalue weighted by atomic mass is 9.84. The summed E-state index contributed by atoms with van der Waals surface area (Å²) in [5.41, 5.74) is 24.0. The van der Waals surface area contributed by atoms with Crippen molar-refractivity contribution in [3.05, 3.63) is 68.7 Å². The number of aromatic amines is 2. The number of aromatic nitrogens is 2. The number of nitrogens with two attached hydrogens (primary N) is 4. The third-order valence-corrected chi connectivity index (χ3v) is 12.0. The van der Waals surface area contributed by atoms with Crippen LogP contribution in [0.25, 0.3) is 11.0 Å². The van der Waals surface area contributed by atoms with E-state index in [-0.39, 0.29) is 23.4 Å². The molecule has 17 N–H and O–H groups in total. The van der Waals surface area contributed by atoms with Gasteiger partial charge in [0, 0.05) is 25.7 Å². The zero-order valence-electron chi connectivity index (χ0n) is 30.9. The molecule has 0 amide bonds. The van der Waals surface area contributed by atoms with Crippen molar-refractivity contribution < 1.29 is 63.1 Å². The summed E-state index contributed by atoms with van der Waals surface area (Å²) >= 11 is 0. The number of rotatable bonds is 9. The number of fused-ring (bicyclic) bond motifs is 1. The van der Waals surface area contributed by atoms with E-state index in [1.807, 2.05) is 13.0 Å². The number of nitrogens with one attached hydrogen (secondary N) is 2. The minimum Gasteiger partial charge on any atom is -0.394 e. The molecule has 3 aliphatic rings. The standard InChI is InChI=1S/C18H36N4O11.C16H15N3O4S/c19-2-6-10(25)12(27)13(28)18(30-6)33-16-5(21)1-4(20)15(14(16)29)32-17-11(26)8(22)9(24)7(3-23)31-17;1-10-4-3-5-11(8-10)19(2)24(22,23)12-6-7-13-14(9-12)18-16(21)15(20)17-13/h4-18,23-29H,1-3,19-22H2;3-9H,1-2H3,(H,17,20)(H,18,21)/t4-,5+,6-,7-,8+,9-,10-,11-,12+,13-,14-,15+,16-,17-,18-;/m1./s1. The smallest absolute Gasteiger partial charge is 0.314 e. The fourth-order valence-electron chi connectivity index (χ4n) is 6.78. The van der Waals surface area contributed by atoms with Crippen LogP contribution in [0.3, 0.4) is 0 Å². The molecule has 0 unspecified atom stereocenters. The van der Waals surface area contributed by atoms with Gasteiger partial charge in [-0.05, 0) is 49.2 Å². The first-order valence-electron chi connectivity index (χ1n) is 17.9. The van der Waals surface area contributed by atoms with Crippen LogP contribution in [0.4, 0.5) is 5.69 Å². The van der Waals surface area contributed by atoms with E-state index < -0.39 is 119 Å². The predicted molar refractivity (Wildman–Crippen MR) is 200 cm³/mol. The number of H-pyrrole nitrogens is 2. The molecule has 3 aromatic rings. The van der Waals surface area contributed by atoms with Gasteiger partial charge in [-0.3, -0.25) is 13.9 Å². The average Bonchev–Trinajstić information content (AvgIpc) is 3.18. The number of aliphatic hydroxyl groups is 7. The van der Waals surface area contributed by atoms with Gasteiger partial charge in [-0.2, -0.15) is 0 Å². The molecular formula is C34H51N7O15S. The molecule has 2 aromatic carbocycles. The quantitative estimate of drug-likeness (QED) is 0.0893. The van der Waals surface area contributed by atoms with Gasteiger partial charge in [-0.25, -0.2) is 8.42 Å². The van der Waals surface area contributed by atoms with Crippen LogP contribution in [0.1, 0.15) is 12.0 Å². The van der Waals surface area contributed by atoms with E-state index in [0.29, 0.717) is 11.2 Å². The SMILES string of the molecule is Cc1cccc(N(C)S(=O)(=O)c2ccc3[nH]c(=O)c(=O)[nH]c3c2)c1.NC[C@H]1O[C@H](O[C@H]2[C@H](O)[C@@H](O[C@H]3O[C@H](CO)[C@@H](O)[C@H](N)[C@H]3O)[C@H](N)C[C@@H]2N)[C@H](O)[C@@H](O)[C@@H]1O. The van der Waals surface area contributed by atoms with Gasteiger partial charge in [-0.15, -0.1) is 0 Å². The molecule has 3 fully saturated rings. The third-order valence-electron chi connectivity index (χ3n) is 10.2. The molecule has 0 spiro atoms. The van der Waals surface area contributed by atoms with Gasteiger partial charge in [0.15, 0.2) is 12.6 Å². The summed E-state index contributed by atoms with van der Waals surface area (Å²) in [5.74, 6) is 0. The summed E-state index contributed by atoms with van der Waals surface area (Å²) in [6, 6.07) is 8.42. The first-order chi connectivity index (χ1) is 26.8. The second kappa shape index (κ2) is 18.2. The molecule has 1 aliphatic carbocycles. The number of aliphatic hydroxyl groups excluding tert-OH is 7. The maximum atomic E-state index is 12.8. The average molecular weight is 830 g/mol. The van der Waals surface area contributed by atoms with Crippen LogP contribution in [0, 0.1) is 6.92 Å². The fourth-order valence-corrected chi connectivity index (χ4v) is 7.99. The number of aryl methyl sites for hydroxylation is 1. The van der Waals surface area contributed by atoms with E-state index >= 15 is 0 Å². The van der Waals surface area contributed by atoms with Gasteiger partial charge in [0.1, 0.15) is 61.0 Å². The van der Waals surface area contributed by atoms with Crippen LogP contribution in [0.15, 0.2) is 56.9 Å². The molecular weight excluding hydrogens is 778 g/mol. The lowest BCUT2D eigenvalue weighted by molar-refractivity contribution is -0.332. The normalized spacial score (nSPS) is 36.0. The Hall–Kier alpha value is -3.47. The molecule has 0 radical (unpaired) electrons. The molecule has 15 atom stereocenters. The first-order valence-corrected chi connectivity index (χ1v) is 19.3. The monoisotopic (exact) mass is 829 g/mol. The molecule has 2 aliphatic heterocycles. The van der Waals surface area contributed by atoms with Crippen molar-refractivity contribution in [1.82, 2.24) is 9.97 Å². The lowest BCUT2D eigenvalue weighted by Gasteiger charge is -2.48. The minimum atomic E-state index is -3.80. The number of nitrogens with zero attached hydrogens (tertiary/aromatic N) is 1. The highest BCUT2D eigenvalue weighted by Gasteiger charge is 2.51. The van der Waals surface area contributed by atoms with E-state index in [2.05, 4.69) is 9.97 Å². The first kappa shape index (κ1) is 44.6. The Morgan fingerprint density at radius 1 is 0.772 bits per heavy atom. The number of sulfonamides is 1. The molecule has 0 bridgehead atoms. The molecule has 57 heavy (non-hydrogen) atoms. The molecule has 6 rings (SSSR count). The zero-order valence-corrected chi connectivity index (χ0v) is 31.7. The molecule has 2 saturated heterocycles. The Morgan fingerprint density at radius 2 is 1.35 bits per heavy atom. The largest absolute Gasteiger partial charge is 0.394 e. The van der Waals surface area contributed by atoms with E-state index in [1.165, 1.54) is 29.6 Å². The van der Waals surface area contributed by atoms with Gasteiger partial charge in [0.2, 0.25) is 0 Å². The van der Waals surface area contributed by atoms with Crippen molar-refractivity contribution in [3.63, 3.8) is 0 Å². The lowest BCUT2D eigenvalue weighted by Crippen LogP contribution is -2.68. The zero-order chi connectivity index (χ0) is 42.1. The van der Waals surface area contributed by atoms with Crippen LogP contribution in [0.5, 0.6) is 0 Å². The van der Waals surface area contributed by atoms with Crippen LogP contribution in [-0.2, 0) is 29.0 Å². The minimum absolute atomic E-state index is 0.0155. The van der Waals surface area contributed by atoms with Crippen LogP contribution in [-0.4, -0.2) is 166 Å². The van der Waals surface area contributed by atoms with Crippen molar-refractivity contribution in [3.8, 4) is 0 Å². The fraction of sp³-hybridized carbons (Fsp3) is 0.588. The molecule has 318 valence electrons. The summed E-state index contributed by atoms with van der Waals surface area (Å²) in [4.78, 5) is 27.5. The van der Waals surface area contributed by atoms with Crippen molar-refractivity contribution in [2.45, 2.75) is 110 Å². The van der Waals surface area contributed by atoms with Crippen molar-refractivity contribution in [1.29, 1.82) is 0 Å². The molecule has 1 aromatic heterocycles. The predicted octanol–water partition coefficient (Wildman–Crippen LogP) is -5.94. The molecule has 23 heteroatoms. The summed E-state index contributed by atoms with van der Waals surface area (Å²) in [6.07, 6.45) is -16.5. The maximum Gasteiger partial charge on any atom is 0.314 e. The third kappa shape index (κ3) is 9.39. The van der Waals surface area contributed by atoms with Gasteiger partial charge < -0.3 is 87.6 Å². The Bertz CT molecular complexity index is 2000. The number of benzene rings is 2. The Labute approximate surface area is 325 Å². The molecule has 22 nitrogen and oxygen atoms in total.